The standard InChI is InChI=1S/C21H28N2O2/c1-17(2)25-20-11-7-6-10-19(20)16-21(24)23(15-13-22)14-12-18-8-4-3-5-9-18/h3-11,17H,12-16,22H2,1-2H3. The van der Waals surface area contributed by atoms with Crippen molar-refractivity contribution in [3.05, 3.63) is 65.7 Å². The molecule has 0 aromatic heterocycles. The maximum absolute atomic E-state index is 12.8. The monoisotopic (exact) mass is 340 g/mol. The molecule has 4 heteroatoms. The molecule has 0 atom stereocenters. The van der Waals surface area contributed by atoms with Crippen LogP contribution in [0.2, 0.25) is 0 Å². The highest BCUT2D eigenvalue weighted by Crippen LogP contribution is 2.20. The molecule has 0 heterocycles. The summed E-state index contributed by atoms with van der Waals surface area (Å²) >= 11 is 0. The minimum absolute atomic E-state index is 0.0782. The summed E-state index contributed by atoms with van der Waals surface area (Å²) in [5, 5.41) is 0. The first kappa shape index (κ1) is 19.0. The lowest BCUT2D eigenvalue weighted by Gasteiger charge is -2.23. The Morgan fingerprint density at radius 1 is 1.04 bits per heavy atom. The van der Waals surface area contributed by atoms with Crippen molar-refractivity contribution in [2.24, 2.45) is 5.73 Å². The second-order valence-corrected chi connectivity index (χ2v) is 6.36. The van der Waals surface area contributed by atoms with Crippen LogP contribution in [-0.2, 0) is 17.6 Å². The molecule has 2 aromatic rings. The van der Waals surface area contributed by atoms with E-state index >= 15 is 0 Å². The van der Waals surface area contributed by atoms with Crippen LogP contribution >= 0.6 is 0 Å². The van der Waals surface area contributed by atoms with Crippen LogP contribution in [0.3, 0.4) is 0 Å². The first-order valence-electron chi connectivity index (χ1n) is 8.86. The zero-order valence-corrected chi connectivity index (χ0v) is 15.2. The molecule has 0 bridgehead atoms. The van der Waals surface area contributed by atoms with E-state index in [0.717, 1.165) is 17.7 Å². The zero-order valence-electron chi connectivity index (χ0n) is 15.2. The minimum atomic E-state index is 0.0782. The molecule has 0 aliphatic rings. The molecule has 1 amide bonds. The van der Waals surface area contributed by atoms with Gasteiger partial charge in [0.05, 0.1) is 12.5 Å². The highest BCUT2D eigenvalue weighted by Gasteiger charge is 2.16. The summed E-state index contributed by atoms with van der Waals surface area (Å²) in [6.07, 6.45) is 1.24. The third-order valence-electron chi connectivity index (χ3n) is 3.94. The van der Waals surface area contributed by atoms with Gasteiger partial charge < -0.3 is 15.4 Å². The normalized spacial score (nSPS) is 10.7. The van der Waals surface area contributed by atoms with Crippen molar-refractivity contribution in [1.82, 2.24) is 4.90 Å². The van der Waals surface area contributed by atoms with Crippen LogP contribution in [0.1, 0.15) is 25.0 Å². The summed E-state index contributed by atoms with van der Waals surface area (Å²) in [7, 11) is 0. The van der Waals surface area contributed by atoms with Crippen LogP contribution in [0.4, 0.5) is 0 Å². The van der Waals surface area contributed by atoms with Gasteiger partial charge in [0, 0.05) is 25.2 Å². The molecule has 4 nitrogen and oxygen atoms in total. The predicted octanol–water partition coefficient (Wildman–Crippen LogP) is 3.05. The van der Waals surface area contributed by atoms with Crippen LogP contribution in [-0.4, -0.2) is 36.5 Å². The summed E-state index contributed by atoms with van der Waals surface area (Å²) < 4.78 is 5.82. The van der Waals surface area contributed by atoms with Crippen molar-refractivity contribution < 1.29 is 9.53 Å². The minimum Gasteiger partial charge on any atom is -0.491 e. The number of nitrogens with two attached hydrogens (primary N) is 1. The van der Waals surface area contributed by atoms with Gasteiger partial charge in [-0.1, -0.05) is 48.5 Å². The average Bonchev–Trinajstić information content (AvgIpc) is 2.60. The van der Waals surface area contributed by atoms with Gasteiger partial charge in [0.1, 0.15) is 5.75 Å². The quantitative estimate of drug-likeness (QED) is 0.763. The summed E-state index contributed by atoms with van der Waals surface area (Å²) in [5.41, 5.74) is 7.85. The first-order chi connectivity index (χ1) is 12.1. The molecule has 25 heavy (non-hydrogen) atoms. The molecule has 2 rings (SSSR count). The van der Waals surface area contributed by atoms with Gasteiger partial charge in [0.2, 0.25) is 5.91 Å². The average molecular weight is 340 g/mol. The molecule has 0 spiro atoms. The Bertz CT molecular complexity index is 656. The van der Waals surface area contributed by atoms with E-state index < -0.39 is 0 Å². The van der Waals surface area contributed by atoms with E-state index in [-0.39, 0.29) is 12.0 Å². The highest BCUT2D eigenvalue weighted by atomic mass is 16.5. The van der Waals surface area contributed by atoms with E-state index in [0.29, 0.717) is 26.1 Å². The zero-order chi connectivity index (χ0) is 18.1. The summed E-state index contributed by atoms with van der Waals surface area (Å²) in [6, 6.07) is 17.9. The Morgan fingerprint density at radius 3 is 2.40 bits per heavy atom. The maximum Gasteiger partial charge on any atom is 0.227 e. The summed E-state index contributed by atoms with van der Waals surface area (Å²) in [4.78, 5) is 14.6. The van der Waals surface area contributed by atoms with Crippen molar-refractivity contribution in [3.63, 3.8) is 0 Å². The van der Waals surface area contributed by atoms with Crippen LogP contribution < -0.4 is 10.5 Å². The second kappa shape index (κ2) is 9.84. The Balaban J connectivity index is 2.02. The summed E-state index contributed by atoms with van der Waals surface area (Å²) in [5.74, 6) is 0.864. The van der Waals surface area contributed by atoms with Gasteiger partial charge in [0.25, 0.3) is 0 Å². The van der Waals surface area contributed by atoms with E-state index in [9.17, 15) is 4.79 Å². The van der Waals surface area contributed by atoms with Gasteiger partial charge in [0.15, 0.2) is 0 Å². The third-order valence-corrected chi connectivity index (χ3v) is 3.94. The van der Waals surface area contributed by atoms with Crippen molar-refractivity contribution in [2.75, 3.05) is 19.6 Å². The fourth-order valence-electron chi connectivity index (χ4n) is 2.72. The number of amides is 1. The summed E-state index contributed by atoms with van der Waals surface area (Å²) in [6.45, 7) is 5.68. The molecule has 0 unspecified atom stereocenters. The van der Waals surface area contributed by atoms with Crippen LogP contribution in [0.5, 0.6) is 5.75 Å². The lowest BCUT2D eigenvalue weighted by molar-refractivity contribution is -0.130. The predicted molar refractivity (Wildman–Crippen MR) is 102 cm³/mol. The van der Waals surface area contributed by atoms with Gasteiger partial charge in [-0.05, 0) is 31.9 Å². The van der Waals surface area contributed by atoms with E-state index in [1.165, 1.54) is 5.56 Å². The largest absolute Gasteiger partial charge is 0.491 e. The number of carbonyl (C=O) groups is 1. The lowest BCUT2D eigenvalue weighted by atomic mass is 10.1. The molecular formula is C21H28N2O2. The number of hydrogen-bond acceptors (Lipinski definition) is 3. The first-order valence-corrected chi connectivity index (χ1v) is 8.86. The highest BCUT2D eigenvalue weighted by molar-refractivity contribution is 5.79. The van der Waals surface area contributed by atoms with Crippen molar-refractivity contribution in [3.8, 4) is 5.75 Å². The van der Waals surface area contributed by atoms with E-state index in [1.54, 1.807) is 0 Å². The maximum atomic E-state index is 12.8. The van der Waals surface area contributed by atoms with Crippen molar-refractivity contribution in [2.45, 2.75) is 32.8 Å². The lowest BCUT2D eigenvalue weighted by Crippen LogP contribution is -2.38. The third kappa shape index (κ3) is 6.24. The second-order valence-electron chi connectivity index (χ2n) is 6.36. The number of rotatable bonds is 9. The number of benzene rings is 2. The van der Waals surface area contributed by atoms with Gasteiger partial charge in [-0.25, -0.2) is 0 Å². The van der Waals surface area contributed by atoms with Crippen molar-refractivity contribution in [1.29, 1.82) is 0 Å². The molecule has 2 aromatic carbocycles. The van der Waals surface area contributed by atoms with E-state index in [1.807, 2.05) is 61.2 Å². The van der Waals surface area contributed by atoms with Gasteiger partial charge in [-0.15, -0.1) is 0 Å². The molecule has 0 aliphatic heterocycles. The van der Waals surface area contributed by atoms with Gasteiger partial charge in [-0.3, -0.25) is 4.79 Å². The van der Waals surface area contributed by atoms with E-state index in [2.05, 4.69) is 12.1 Å². The van der Waals surface area contributed by atoms with Gasteiger partial charge >= 0.3 is 0 Å². The molecular weight excluding hydrogens is 312 g/mol. The van der Waals surface area contributed by atoms with Crippen LogP contribution in [0.25, 0.3) is 0 Å². The van der Waals surface area contributed by atoms with Crippen LogP contribution in [0.15, 0.2) is 54.6 Å². The Hall–Kier alpha value is -2.33. The molecule has 0 fully saturated rings. The molecule has 0 radical (unpaired) electrons. The van der Waals surface area contributed by atoms with Crippen LogP contribution in [0, 0.1) is 0 Å². The molecule has 0 aliphatic carbocycles. The topological polar surface area (TPSA) is 55.6 Å². The fraction of sp³-hybridized carbons (Fsp3) is 0.381. The Morgan fingerprint density at radius 2 is 1.72 bits per heavy atom. The fourth-order valence-corrected chi connectivity index (χ4v) is 2.72. The number of hydrogen-bond donors (Lipinski definition) is 1. The Labute approximate surface area is 150 Å². The smallest absolute Gasteiger partial charge is 0.227 e. The molecule has 134 valence electrons. The number of para-hydroxylation sites is 1. The molecule has 0 saturated carbocycles. The van der Waals surface area contributed by atoms with E-state index in [4.69, 9.17) is 10.5 Å². The number of ether oxygens (including phenoxy) is 1. The SMILES string of the molecule is CC(C)Oc1ccccc1CC(=O)N(CCN)CCc1ccccc1. The number of nitrogens with zero attached hydrogens (tertiary/aromatic N) is 1. The van der Waals surface area contributed by atoms with Crippen molar-refractivity contribution >= 4 is 5.91 Å². The Kier molecular flexibility index (Phi) is 7.48. The van der Waals surface area contributed by atoms with Gasteiger partial charge in [-0.2, -0.15) is 0 Å². The molecule has 0 saturated heterocycles. The molecule has 2 N–H and O–H groups in total. The number of carbonyl (C=O) groups excluding carboxylic acids is 1.